The third-order valence-corrected chi connectivity index (χ3v) is 1.86. The first-order chi connectivity index (χ1) is 6.20. The van der Waals surface area contributed by atoms with E-state index in [0.29, 0.717) is 0 Å². The summed E-state index contributed by atoms with van der Waals surface area (Å²) >= 11 is 0. The molecule has 0 saturated heterocycles. The second-order valence-electron chi connectivity index (χ2n) is 2.96. The molecule has 0 bridgehead atoms. The first kappa shape index (κ1) is 9.51. The van der Waals surface area contributed by atoms with Crippen LogP contribution in [0.5, 0.6) is 0 Å². The number of rotatable bonds is 2. The zero-order chi connectivity index (χ0) is 9.68. The molecule has 4 heteroatoms. The number of hydrazone groups is 1. The van der Waals surface area contributed by atoms with Crippen LogP contribution in [0.2, 0.25) is 0 Å². The molecule has 0 heterocycles. The van der Waals surface area contributed by atoms with Gasteiger partial charge < -0.3 is 5.73 Å². The maximum atomic E-state index is 6.88. The highest BCUT2D eigenvalue weighted by molar-refractivity contribution is 5.85. The molecule has 1 rings (SSSR count). The van der Waals surface area contributed by atoms with E-state index in [0.717, 1.165) is 18.4 Å². The molecule has 1 aliphatic rings. The second-order valence-corrected chi connectivity index (χ2v) is 2.96. The molecule has 0 spiro atoms. The highest BCUT2D eigenvalue weighted by Crippen LogP contribution is 2.16. The van der Waals surface area contributed by atoms with Crippen molar-refractivity contribution >= 4 is 12.2 Å². The Kier molecular flexibility index (Phi) is 3.25. The summed E-state index contributed by atoms with van der Waals surface area (Å²) in [4.78, 5) is 0. The van der Waals surface area contributed by atoms with Crippen LogP contribution >= 0.6 is 0 Å². The van der Waals surface area contributed by atoms with Gasteiger partial charge in [0.2, 0.25) is 5.96 Å². The lowest BCUT2D eigenvalue weighted by molar-refractivity contribution is 0.949. The average molecular weight is 178 g/mol. The molecule has 13 heavy (non-hydrogen) atoms. The Hall–Kier alpha value is -1.58. The van der Waals surface area contributed by atoms with Gasteiger partial charge in [0, 0.05) is 0 Å². The fourth-order valence-electron chi connectivity index (χ4n) is 1.12. The maximum Gasteiger partial charge on any atom is 0.206 e. The van der Waals surface area contributed by atoms with Crippen LogP contribution in [-0.2, 0) is 0 Å². The van der Waals surface area contributed by atoms with E-state index in [1.807, 2.05) is 6.08 Å². The molecular formula is C9H14N4. The number of nitrogens with two attached hydrogens (primary N) is 1. The van der Waals surface area contributed by atoms with Crippen molar-refractivity contribution in [2.75, 3.05) is 0 Å². The molecule has 0 saturated carbocycles. The van der Waals surface area contributed by atoms with Gasteiger partial charge in [0.25, 0.3) is 0 Å². The predicted octanol–water partition coefficient (Wildman–Crippen LogP) is 1.12. The summed E-state index contributed by atoms with van der Waals surface area (Å²) < 4.78 is 0. The third kappa shape index (κ3) is 3.11. The van der Waals surface area contributed by atoms with Crippen LogP contribution in [0, 0.1) is 5.41 Å². The molecule has 4 N–H and O–H groups in total. The molecule has 0 aromatic rings. The van der Waals surface area contributed by atoms with Crippen molar-refractivity contribution in [3.05, 3.63) is 23.3 Å². The van der Waals surface area contributed by atoms with Crippen molar-refractivity contribution in [1.82, 2.24) is 5.43 Å². The summed E-state index contributed by atoms with van der Waals surface area (Å²) in [6, 6.07) is 0. The van der Waals surface area contributed by atoms with Gasteiger partial charge in [0.15, 0.2) is 0 Å². The Morgan fingerprint density at radius 1 is 1.77 bits per heavy atom. The molecule has 0 amide bonds. The van der Waals surface area contributed by atoms with Crippen LogP contribution in [0.15, 0.2) is 28.4 Å². The largest absolute Gasteiger partial charge is 0.369 e. The zero-order valence-corrected chi connectivity index (χ0v) is 7.67. The van der Waals surface area contributed by atoms with Crippen molar-refractivity contribution in [2.24, 2.45) is 10.8 Å². The highest BCUT2D eigenvalue weighted by atomic mass is 15.3. The molecular weight excluding hydrogens is 164 g/mol. The molecule has 70 valence electrons. The highest BCUT2D eigenvalue weighted by Gasteiger charge is 2.00. The van der Waals surface area contributed by atoms with E-state index in [1.165, 1.54) is 5.57 Å². The lowest BCUT2D eigenvalue weighted by Crippen LogP contribution is -2.25. The number of nitrogens with zero attached hydrogens (tertiary/aromatic N) is 1. The predicted molar refractivity (Wildman–Crippen MR) is 54.6 cm³/mol. The van der Waals surface area contributed by atoms with E-state index < -0.39 is 0 Å². The van der Waals surface area contributed by atoms with Gasteiger partial charge in [0.1, 0.15) is 0 Å². The average Bonchev–Trinajstić information content (AvgIpc) is 2.08. The number of hydrogen-bond donors (Lipinski definition) is 3. The standard InChI is InChI=1S/C9H14N4/c1-7-4-2-3-5-8(7)6-12-13-9(10)11/h3,5-6H,2,4H2,1H3,(H4,10,11,13)/b12-6+. The SMILES string of the molecule is CC1=C(/C=N/NC(=N)N)C=CCC1. The van der Waals surface area contributed by atoms with E-state index in [-0.39, 0.29) is 5.96 Å². The lowest BCUT2D eigenvalue weighted by Gasteiger charge is -2.07. The van der Waals surface area contributed by atoms with Gasteiger partial charge in [-0.15, -0.1) is 0 Å². The van der Waals surface area contributed by atoms with Gasteiger partial charge in [-0.3, -0.25) is 5.41 Å². The van der Waals surface area contributed by atoms with E-state index in [4.69, 9.17) is 11.1 Å². The van der Waals surface area contributed by atoms with Gasteiger partial charge in [-0.05, 0) is 25.3 Å². The summed E-state index contributed by atoms with van der Waals surface area (Å²) in [5.74, 6) is -0.144. The Morgan fingerprint density at radius 3 is 3.15 bits per heavy atom. The Labute approximate surface area is 77.7 Å². The van der Waals surface area contributed by atoms with Crippen molar-refractivity contribution in [2.45, 2.75) is 19.8 Å². The number of allylic oxidation sites excluding steroid dienone is 4. The van der Waals surface area contributed by atoms with E-state index in [1.54, 1.807) is 6.21 Å². The minimum atomic E-state index is -0.144. The molecule has 0 aliphatic heterocycles. The summed E-state index contributed by atoms with van der Waals surface area (Å²) in [5.41, 5.74) is 9.86. The van der Waals surface area contributed by atoms with Gasteiger partial charge in [-0.2, -0.15) is 5.10 Å². The van der Waals surface area contributed by atoms with E-state index >= 15 is 0 Å². The Balaban J connectivity index is 2.57. The lowest BCUT2D eigenvalue weighted by atomic mass is 10.0. The topological polar surface area (TPSA) is 74.3 Å². The Morgan fingerprint density at radius 2 is 2.54 bits per heavy atom. The van der Waals surface area contributed by atoms with Gasteiger partial charge in [-0.1, -0.05) is 17.7 Å². The van der Waals surface area contributed by atoms with Gasteiger partial charge >= 0.3 is 0 Å². The molecule has 0 unspecified atom stereocenters. The van der Waals surface area contributed by atoms with Crippen molar-refractivity contribution in [3.8, 4) is 0 Å². The number of nitrogens with one attached hydrogen (secondary N) is 2. The summed E-state index contributed by atoms with van der Waals surface area (Å²) in [6.07, 6.45) is 8.01. The number of guanidine groups is 1. The quantitative estimate of drug-likeness (QED) is 0.337. The van der Waals surface area contributed by atoms with E-state index in [9.17, 15) is 0 Å². The van der Waals surface area contributed by atoms with Crippen LogP contribution < -0.4 is 11.2 Å². The molecule has 0 fully saturated rings. The van der Waals surface area contributed by atoms with Crippen LogP contribution in [0.3, 0.4) is 0 Å². The van der Waals surface area contributed by atoms with Crippen LogP contribution in [0.25, 0.3) is 0 Å². The molecule has 1 aliphatic carbocycles. The molecule has 0 atom stereocenters. The fourth-order valence-corrected chi connectivity index (χ4v) is 1.12. The molecule has 0 aromatic heterocycles. The first-order valence-electron chi connectivity index (χ1n) is 4.19. The Bertz CT molecular complexity index is 286. The van der Waals surface area contributed by atoms with Gasteiger partial charge in [-0.25, -0.2) is 5.43 Å². The van der Waals surface area contributed by atoms with Gasteiger partial charge in [0.05, 0.1) is 6.21 Å². The van der Waals surface area contributed by atoms with Crippen molar-refractivity contribution in [1.29, 1.82) is 5.41 Å². The summed E-state index contributed by atoms with van der Waals surface area (Å²) in [7, 11) is 0. The minimum Gasteiger partial charge on any atom is -0.369 e. The summed E-state index contributed by atoms with van der Waals surface area (Å²) in [5, 5.41) is 10.7. The van der Waals surface area contributed by atoms with Crippen LogP contribution in [0.1, 0.15) is 19.8 Å². The van der Waals surface area contributed by atoms with E-state index in [2.05, 4.69) is 23.5 Å². The smallest absolute Gasteiger partial charge is 0.206 e. The minimum absolute atomic E-state index is 0.144. The second kappa shape index (κ2) is 4.45. The zero-order valence-electron chi connectivity index (χ0n) is 7.67. The molecule has 4 nitrogen and oxygen atoms in total. The maximum absolute atomic E-state index is 6.88. The fraction of sp³-hybridized carbons (Fsp3) is 0.333. The normalized spacial score (nSPS) is 16.7. The van der Waals surface area contributed by atoms with Crippen molar-refractivity contribution < 1.29 is 0 Å². The first-order valence-corrected chi connectivity index (χ1v) is 4.19. The number of hydrogen-bond acceptors (Lipinski definition) is 2. The monoisotopic (exact) mass is 178 g/mol. The van der Waals surface area contributed by atoms with Crippen LogP contribution in [-0.4, -0.2) is 12.2 Å². The third-order valence-electron chi connectivity index (χ3n) is 1.86. The molecule has 0 radical (unpaired) electrons. The molecule has 0 aromatic carbocycles. The summed E-state index contributed by atoms with van der Waals surface area (Å²) in [6.45, 7) is 2.08. The van der Waals surface area contributed by atoms with Crippen LogP contribution in [0.4, 0.5) is 0 Å². The van der Waals surface area contributed by atoms with Crippen molar-refractivity contribution in [3.63, 3.8) is 0 Å².